The summed E-state index contributed by atoms with van der Waals surface area (Å²) in [6, 6.07) is 5.99. The highest BCUT2D eigenvalue weighted by atomic mass is 35.5. The normalized spacial score (nSPS) is 11.5. The van der Waals surface area contributed by atoms with E-state index in [1.807, 2.05) is 0 Å². The lowest BCUT2D eigenvalue weighted by molar-refractivity contribution is 0.628. The van der Waals surface area contributed by atoms with Gasteiger partial charge < -0.3 is 5.84 Å². The largest absolute Gasteiger partial charge is 0.323 e. The fraction of sp³-hybridized carbons (Fsp3) is 0.182. The molecular weight excluding hydrogens is 215 g/mol. The summed E-state index contributed by atoms with van der Waals surface area (Å²) >= 11 is 5.61. The third kappa shape index (κ3) is 3.36. The maximum absolute atomic E-state index is 12.7. The van der Waals surface area contributed by atoms with Gasteiger partial charge in [0.25, 0.3) is 0 Å². The van der Waals surface area contributed by atoms with Crippen LogP contribution in [0.5, 0.6) is 0 Å². The third-order valence-corrected chi connectivity index (χ3v) is 2.32. The van der Waals surface area contributed by atoms with Crippen LogP contribution in [0.3, 0.4) is 0 Å². The number of hydrogen-bond donors (Lipinski definition) is 1. The third-order valence-electron chi connectivity index (χ3n) is 1.94. The summed E-state index contributed by atoms with van der Waals surface area (Å²) in [5, 5.41) is 3.65. The summed E-state index contributed by atoms with van der Waals surface area (Å²) in [5.41, 5.74) is 2.26. The van der Waals surface area contributed by atoms with Crippen molar-refractivity contribution in [3.8, 4) is 0 Å². The smallest absolute Gasteiger partial charge is 0.123 e. The molecule has 0 aliphatic heterocycles. The lowest BCUT2D eigenvalue weighted by Crippen LogP contribution is -2.06. The number of rotatable bonds is 4. The van der Waals surface area contributed by atoms with Gasteiger partial charge in [-0.05, 0) is 17.7 Å². The zero-order valence-electron chi connectivity index (χ0n) is 8.21. The first-order valence-electron chi connectivity index (χ1n) is 4.42. The Bertz CT molecular complexity index is 371. The van der Waals surface area contributed by atoms with E-state index < -0.39 is 0 Å². The SMILES string of the molecule is C=C(CCl)C/C(=N\N)c1ccc(F)cc1. The molecule has 4 heteroatoms. The molecule has 0 aromatic heterocycles. The van der Waals surface area contributed by atoms with Gasteiger partial charge in [-0.3, -0.25) is 0 Å². The van der Waals surface area contributed by atoms with Crippen LogP contribution >= 0.6 is 11.6 Å². The van der Waals surface area contributed by atoms with Crippen LogP contribution in [0, 0.1) is 5.82 Å². The molecule has 0 heterocycles. The van der Waals surface area contributed by atoms with E-state index in [9.17, 15) is 4.39 Å². The lowest BCUT2D eigenvalue weighted by atomic mass is 10.0. The van der Waals surface area contributed by atoms with E-state index in [1.165, 1.54) is 12.1 Å². The van der Waals surface area contributed by atoms with E-state index in [0.29, 0.717) is 18.0 Å². The number of hydrogen-bond acceptors (Lipinski definition) is 2. The fourth-order valence-electron chi connectivity index (χ4n) is 1.15. The lowest BCUT2D eigenvalue weighted by Gasteiger charge is -2.05. The van der Waals surface area contributed by atoms with E-state index in [4.69, 9.17) is 17.4 Å². The molecule has 0 spiro atoms. The minimum Gasteiger partial charge on any atom is -0.323 e. The van der Waals surface area contributed by atoms with Crippen molar-refractivity contribution in [1.29, 1.82) is 0 Å². The van der Waals surface area contributed by atoms with Gasteiger partial charge in [-0.2, -0.15) is 5.10 Å². The van der Waals surface area contributed by atoms with Crippen LogP contribution in [0.25, 0.3) is 0 Å². The summed E-state index contributed by atoms with van der Waals surface area (Å²) in [4.78, 5) is 0. The Hall–Kier alpha value is -1.35. The predicted octanol–water partition coefficient (Wildman–Crippen LogP) is 2.67. The fourth-order valence-corrected chi connectivity index (χ4v) is 1.24. The van der Waals surface area contributed by atoms with Crippen molar-refractivity contribution in [1.82, 2.24) is 0 Å². The van der Waals surface area contributed by atoms with Gasteiger partial charge in [0.2, 0.25) is 0 Å². The van der Waals surface area contributed by atoms with Crippen molar-refractivity contribution >= 4 is 17.3 Å². The Kier molecular flexibility index (Phi) is 4.31. The number of allylic oxidation sites excluding steroid dienone is 1. The summed E-state index contributed by atoms with van der Waals surface area (Å²) < 4.78 is 12.7. The number of nitrogens with zero attached hydrogens (tertiary/aromatic N) is 1. The predicted molar refractivity (Wildman–Crippen MR) is 61.6 cm³/mol. The van der Waals surface area contributed by atoms with Crippen molar-refractivity contribution in [3.63, 3.8) is 0 Å². The zero-order valence-corrected chi connectivity index (χ0v) is 8.97. The monoisotopic (exact) mass is 226 g/mol. The summed E-state index contributed by atoms with van der Waals surface area (Å²) in [7, 11) is 0. The summed E-state index contributed by atoms with van der Waals surface area (Å²) in [6.45, 7) is 3.76. The number of alkyl halides is 1. The van der Waals surface area contributed by atoms with Gasteiger partial charge >= 0.3 is 0 Å². The first-order chi connectivity index (χ1) is 7.17. The van der Waals surface area contributed by atoms with Gasteiger partial charge in [0.15, 0.2) is 0 Å². The van der Waals surface area contributed by atoms with Crippen LogP contribution in [0.1, 0.15) is 12.0 Å². The Morgan fingerprint density at radius 3 is 2.47 bits per heavy atom. The number of hydrazone groups is 1. The molecule has 15 heavy (non-hydrogen) atoms. The van der Waals surface area contributed by atoms with Gasteiger partial charge in [-0.15, -0.1) is 11.6 Å². The molecule has 1 rings (SSSR count). The second-order valence-corrected chi connectivity index (χ2v) is 3.41. The maximum atomic E-state index is 12.7. The number of halogens is 2. The molecule has 2 nitrogen and oxygen atoms in total. The van der Waals surface area contributed by atoms with Crippen LogP contribution in [-0.2, 0) is 0 Å². The average molecular weight is 227 g/mol. The first kappa shape index (κ1) is 11.7. The summed E-state index contributed by atoms with van der Waals surface area (Å²) in [6.07, 6.45) is 0.506. The van der Waals surface area contributed by atoms with Gasteiger partial charge in [0.05, 0.1) is 5.71 Å². The minimum atomic E-state index is -0.286. The highest BCUT2D eigenvalue weighted by Gasteiger charge is 2.05. The number of benzene rings is 1. The number of nitrogens with two attached hydrogens (primary N) is 1. The van der Waals surface area contributed by atoms with E-state index >= 15 is 0 Å². The molecule has 0 saturated carbocycles. The molecule has 0 aliphatic carbocycles. The van der Waals surface area contributed by atoms with Gasteiger partial charge in [-0.25, -0.2) is 4.39 Å². The Labute approximate surface area is 93.2 Å². The van der Waals surface area contributed by atoms with E-state index in [0.717, 1.165) is 11.1 Å². The highest BCUT2D eigenvalue weighted by Crippen LogP contribution is 2.11. The second-order valence-electron chi connectivity index (χ2n) is 3.14. The van der Waals surface area contributed by atoms with Crippen LogP contribution in [0.15, 0.2) is 41.5 Å². The molecule has 0 saturated heterocycles. The van der Waals surface area contributed by atoms with Crippen molar-refractivity contribution in [2.45, 2.75) is 6.42 Å². The van der Waals surface area contributed by atoms with Gasteiger partial charge in [0, 0.05) is 12.3 Å². The molecule has 2 N–H and O–H groups in total. The molecule has 0 radical (unpaired) electrons. The minimum absolute atomic E-state index is 0.286. The Morgan fingerprint density at radius 1 is 1.40 bits per heavy atom. The zero-order chi connectivity index (χ0) is 11.3. The van der Waals surface area contributed by atoms with E-state index in [1.54, 1.807) is 12.1 Å². The standard InChI is InChI=1S/C11H12ClFN2/c1-8(7-12)6-11(15-14)9-2-4-10(13)5-3-9/h2-5H,1,6-7,14H2/b15-11+. The molecule has 0 amide bonds. The molecule has 1 aromatic carbocycles. The molecular formula is C11H12ClFN2. The van der Waals surface area contributed by atoms with Crippen LogP contribution < -0.4 is 5.84 Å². The second kappa shape index (κ2) is 5.51. The quantitative estimate of drug-likeness (QED) is 0.277. The maximum Gasteiger partial charge on any atom is 0.123 e. The van der Waals surface area contributed by atoms with Gasteiger partial charge in [0.1, 0.15) is 5.82 Å². The molecule has 1 aromatic rings. The molecule has 0 bridgehead atoms. The Morgan fingerprint density at radius 2 is 2.00 bits per heavy atom. The first-order valence-corrected chi connectivity index (χ1v) is 4.96. The van der Waals surface area contributed by atoms with Crippen molar-refractivity contribution < 1.29 is 4.39 Å². The van der Waals surface area contributed by atoms with Crippen LogP contribution in [0.2, 0.25) is 0 Å². The van der Waals surface area contributed by atoms with E-state index in [2.05, 4.69) is 11.7 Å². The van der Waals surface area contributed by atoms with Gasteiger partial charge in [-0.1, -0.05) is 24.3 Å². The van der Waals surface area contributed by atoms with Crippen LogP contribution in [0.4, 0.5) is 4.39 Å². The molecule has 0 aliphatic rings. The average Bonchev–Trinajstić information content (AvgIpc) is 2.27. The van der Waals surface area contributed by atoms with Crippen LogP contribution in [-0.4, -0.2) is 11.6 Å². The molecule has 0 atom stereocenters. The summed E-state index contributed by atoms with van der Waals surface area (Å²) in [5.74, 6) is 5.33. The van der Waals surface area contributed by atoms with Crippen molar-refractivity contribution in [2.24, 2.45) is 10.9 Å². The molecule has 80 valence electrons. The highest BCUT2D eigenvalue weighted by molar-refractivity contribution is 6.20. The molecule has 0 unspecified atom stereocenters. The van der Waals surface area contributed by atoms with E-state index in [-0.39, 0.29) is 5.82 Å². The topological polar surface area (TPSA) is 38.4 Å². The Balaban J connectivity index is 2.84. The molecule has 0 fully saturated rings. The van der Waals surface area contributed by atoms with Crippen molar-refractivity contribution in [3.05, 3.63) is 47.8 Å². The van der Waals surface area contributed by atoms with Crippen molar-refractivity contribution in [2.75, 3.05) is 5.88 Å².